The lowest BCUT2D eigenvalue weighted by Crippen LogP contribution is -2.58. The third-order valence-electron chi connectivity index (χ3n) is 4.17. The molecular weight excluding hydrogens is 434 g/mol. The monoisotopic (exact) mass is 463 g/mol. The molecule has 0 aromatic rings. The lowest BCUT2D eigenvalue weighted by atomic mass is 10.1. The number of amides is 4. The van der Waals surface area contributed by atoms with E-state index in [0.717, 1.165) is 6.92 Å². The summed E-state index contributed by atoms with van der Waals surface area (Å²) in [6.45, 7) is 0.360. The van der Waals surface area contributed by atoms with Crippen molar-refractivity contribution in [2.24, 2.45) is 11.5 Å². The van der Waals surface area contributed by atoms with Gasteiger partial charge in [-0.25, -0.2) is 4.79 Å². The van der Waals surface area contributed by atoms with Gasteiger partial charge in [-0.15, -0.1) is 0 Å². The highest BCUT2D eigenvalue weighted by atomic mass is 16.4. The van der Waals surface area contributed by atoms with E-state index in [4.69, 9.17) is 26.8 Å². The molecular formula is C17H29N5O10. The van der Waals surface area contributed by atoms with Crippen LogP contribution in [0.4, 0.5) is 0 Å². The second-order valence-electron chi connectivity index (χ2n) is 6.91. The Bertz CT molecular complexity index is 714. The topological polar surface area (TPSA) is 271 Å². The van der Waals surface area contributed by atoms with E-state index < -0.39 is 85.3 Å². The number of carboxylic acid groups (broad SMARTS) is 2. The highest BCUT2D eigenvalue weighted by Gasteiger charge is 2.32. The fourth-order valence-electron chi connectivity index (χ4n) is 2.37. The standard InChI is InChI=1S/C17H29N5O10/c1-7(24)13(17(31)32)22-16(30)10(3-5-12(26)27)21-15(29)9(2-4-11(19)25)20-14(28)8(18)6-23/h7-10,13,23-24H,2-6,18H2,1H3,(H2,19,25)(H,20,28)(H,21,29)(H,22,30)(H,26,27)(H,31,32). The van der Waals surface area contributed by atoms with Gasteiger partial charge < -0.3 is 47.8 Å². The molecule has 0 aromatic carbocycles. The summed E-state index contributed by atoms with van der Waals surface area (Å²) >= 11 is 0. The van der Waals surface area contributed by atoms with Crippen molar-refractivity contribution in [3.05, 3.63) is 0 Å². The Balaban J connectivity index is 5.57. The Hall–Kier alpha value is -3.30. The number of nitrogens with one attached hydrogen (secondary N) is 3. The first kappa shape index (κ1) is 28.7. The van der Waals surface area contributed by atoms with Gasteiger partial charge in [0.2, 0.25) is 23.6 Å². The average molecular weight is 463 g/mol. The number of carbonyl (C=O) groups excluding carboxylic acids is 4. The van der Waals surface area contributed by atoms with E-state index >= 15 is 0 Å². The molecule has 0 heterocycles. The summed E-state index contributed by atoms with van der Waals surface area (Å²) in [7, 11) is 0. The van der Waals surface area contributed by atoms with Crippen LogP contribution in [0.3, 0.4) is 0 Å². The number of nitrogens with two attached hydrogens (primary N) is 2. The third-order valence-corrected chi connectivity index (χ3v) is 4.17. The smallest absolute Gasteiger partial charge is 0.328 e. The van der Waals surface area contributed by atoms with Gasteiger partial charge in [-0.05, 0) is 19.8 Å². The van der Waals surface area contributed by atoms with Crippen molar-refractivity contribution in [1.82, 2.24) is 16.0 Å². The molecule has 0 fully saturated rings. The molecule has 182 valence electrons. The number of aliphatic hydroxyl groups excluding tert-OH is 2. The molecule has 0 aliphatic rings. The van der Waals surface area contributed by atoms with Crippen molar-refractivity contribution >= 4 is 35.6 Å². The Morgan fingerprint density at radius 2 is 1.31 bits per heavy atom. The van der Waals surface area contributed by atoms with Crippen LogP contribution in [0.15, 0.2) is 0 Å². The number of carbonyl (C=O) groups is 6. The fraction of sp³-hybridized carbons (Fsp3) is 0.647. The fourth-order valence-corrected chi connectivity index (χ4v) is 2.37. The molecule has 0 saturated carbocycles. The van der Waals surface area contributed by atoms with Gasteiger partial charge in [-0.3, -0.25) is 24.0 Å². The highest BCUT2D eigenvalue weighted by Crippen LogP contribution is 2.05. The number of rotatable bonds is 15. The van der Waals surface area contributed by atoms with E-state index in [-0.39, 0.29) is 12.8 Å². The van der Waals surface area contributed by atoms with Crippen molar-refractivity contribution in [2.45, 2.75) is 62.9 Å². The molecule has 0 radical (unpaired) electrons. The minimum atomic E-state index is -1.74. The van der Waals surface area contributed by atoms with Gasteiger partial charge in [0, 0.05) is 12.8 Å². The molecule has 15 heteroatoms. The minimum absolute atomic E-state index is 0.302. The molecule has 0 aliphatic carbocycles. The van der Waals surface area contributed by atoms with Crippen LogP contribution in [-0.4, -0.2) is 92.9 Å². The molecule has 5 atom stereocenters. The molecule has 0 rings (SSSR count). The normalized spacial score (nSPS) is 15.4. The van der Waals surface area contributed by atoms with Crippen LogP contribution in [0.2, 0.25) is 0 Å². The van der Waals surface area contributed by atoms with Crippen LogP contribution in [-0.2, 0) is 28.8 Å². The number of aliphatic carboxylic acids is 2. The Kier molecular flexibility index (Phi) is 12.5. The minimum Gasteiger partial charge on any atom is -0.481 e. The summed E-state index contributed by atoms with van der Waals surface area (Å²) in [5, 5.41) is 42.8. The van der Waals surface area contributed by atoms with E-state index in [0.29, 0.717) is 0 Å². The number of carboxylic acids is 2. The number of aliphatic hydroxyl groups is 2. The van der Waals surface area contributed by atoms with Crippen molar-refractivity contribution in [1.29, 1.82) is 0 Å². The van der Waals surface area contributed by atoms with Crippen LogP contribution in [0, 0.1) is 0 Å². The number of primary amides is 1. The SMILES string of the molecule is CC(O)C(NC(=O)C(CCC(=O)O)NC(=O)C(CCC(N)=O)NC(=O)C(N)CO)C(=O)O. The molecule has 15 nitrogen and oxygen atoms in total. The zero-order valence-corrected chi connectivity index (χ0v) is 17.3. The molecule has 4 amide bonds. The van der Waals surface area contributed by atoms with Crippen LogP contribution < -0.4 is 27.4 Å². The first-order valence-corrected chi connectivity index (χ1v) is 9.48. The molecule has 0 spiro atoms. The van der Waals surface area contributed by atoms with Crippen LogP contribution in [0.5, 0.6) is 0 Å². The second-order valence-corrected chi connectivity index (χ2v) is 6.91. The summed E-state index contributed by atoms with van der Waals surface area (Å²) < 4.78 is 0. The summed E-state index contributed by atoms with van der Waals surface area (Å²) in [5.74, 6) is -6.73. The van der Waals surface area contributed by atoms with E-state index in [1.54, 1.807) is 0 Å². The van der Waals surface area contributed by atoms with Crippen molar-refractivity contribution < 1.29 is 49.2 Å². The Morgan fingerprint density at radius 1 is 0.844 bits per heavy atom. The lowest BCUT2D eigenvalue weighted by Gasteiger charge is -2.25. The quantitative estimate of drug-likeness (QED) is 0.111. The van der Waals surface area contributed by atoms with Crippen LogP contribution in [0.1, 0.15) is 32.6 Å². The van der Waals surface area contributed by atoms with Crippen molar-refractivity contribution in [2.75, 3.05) is 6.61 Å². The van der Waals surface area contributed by atoms with E-state index in [1.807, 2.05) is 5.32 Å². The highest BCUT2D eigenvalue weighted by molar-refractivity contribution is 5.94. The summed E-state index contributed by atoms with van der Waals surface area (Å²) in [6.07, 6.45) is -3.19. The lowest BCUT2D eigenvalue weighted by molar-refractivity contribution is -0.145. The average Bonchev–Trinajstić information content (AvgIpc) is 2.69. The van der Waals surface area contributed by atoms with Gasteiger partial charge in [0.1, 0.15) is 18.1 Å². The predicted molar refractivity (Wildman–Crippen MR) is 105 cm³/mol. The predicted octanol–water partition coefficient (Wildman–Crippen LogP) is -4.64. The molecule has 32 heavy (non-hydrogen) atoms. The van der Waals surface area contributed by atoms with Crippen molar-refractivity contribution in [3.8, 4) is 0 Å². The molecule has 11 N–H and O–H groups in total. The summed E-state index contributed by atoms with van der Waals surface area (Å²) in [5.41, 5.74) is 10.4. The molecule has 0 saturated heterocycles. The molecule has 0 aliphatic heterocycles. The van der Waals surface area contributed by atoms with E-state index in [2.05, 4.69) is 10.6 Å². The van der Waals surface area contributed by atoms with Crippen LogP contribution >= 0.6 is 0 Å². The van der Waals surface area contributed by atoms with Crippen LogP contribution in [0.25, 0.3) is 0 Å². The van der Waals surface area contributed by atoms with Gasteiger partial charge >= 0.3 is 11.9 Å². The Labute approximate surface area is 182 Å². The van der Waals surface area contributed by atoms with Gasteiger partial charge in [0.05, 0.1) is 12.7 Å². The Morgan fingerprint density at radius 3 is 1.72 bits per heavy atom. The van der Waals surface area contributed by atoms with Gasteiger partial charge in [0.25, 0.3) is 0 Å². The number of hydrogen-bond acceptors (Lipinski definition) is 9. The summed E-state index contributed by atoms with van der Waals surface area (Å²) in [6, 6.07) is -6.11. The first-order valence-electron chi connectivity index (χ1n) is 9.48. The first-order chi connectivity index (χ1) is 14.8. The maximum absolute atomic E-state index is 12.6. The zero-order chi connectivity index (χ0) is 25.0. The van der Waals surface area contributed by atoms with Gasteiger partial charge in [-0.1, -0.05) is 0 Å². The van der Waals surface area contributed by atoms with Crippen molar-refractivity contribution in [3.63, 3.8) is 0 Å². The molecule has 0 bridgehead atoms. The zero-order valence-electron chi connectivity index (χ0n) is 17.3. The maximum atomic E-state index is 12.6. The van der Waals surface area contributed by atoms with E-state index in [1.165, 1.54) is 0 Å². The summed E-state index contributed by atoms with van der Waals surface area (Å²) in [4.78, 5) is 70.2. The van der Waals surface area contributed by atoms with Gasteiger partial charge in [-0.2, -0.15) is 0 Å². The maximum Gasteiger partial charge on any atom is 0.328 e. The molecule has 5 unspecified atom stereocenters. The van der Waals surface area contributed by atoms with E-state index in [9.17, 15) is 33.9 Å². The molecule has 0 aromatic heterocycles. The third kappa shape index (κ3) is 10.6. The second kappa shape index (κ2) is 13.9. The number of hydrogen-bond donors (Lipinski definition) is 9. The largest absolute Gasteiger partial charge is 0.481 e. The van der Waals surface area contributed by atoms with Gasteiger partial charge in [0.15, 0.2) is 6.04 Å².